The number of amides is 2. The van der Waals surface area contributed by atoms with Crippen molar-refractivity contribution in [1.82, 2.24) is 14.7 Å². The Morgan fingerprint density at radius 1 is 1.33 bits per heavy atom. The molecule has 0 aliphatic carbocycles. The molecule has 24 heavy (non-hydrogen) atoms. The van der Waals surface area contributed by atoms with E-state index in [1.165, 1.54) is 0 Å². The number of carbonyl (C=O) groups excluding carboxylic acids is 1. The van der Waals surface area contributed by atoms with Gasteiger partial charge in [0.25, 0.3) is 0 Å². The molecule has 1 unspecified atom stereocenters. The molecule has 3 rings (SSSR count). The number of nitrogens with zero attached hydrogens (tertiary/aromatic N) is 3. The van der Waals surface area contributed by atoms with Crippen molar-refractivity contribution in [3.8, 4) is 5.69 Å². The number of urea groups is 1. The van der Waals surface area contributed by atoms with Crippen molar-refractivity contribution < 1.29 is 9.53 Å². The molecule has 1 aromatic heterocycles. The van der Waals surface area contributed by atoms with E-state index in [2.05, 4.69) is 24.3 Å². The van der Waals surface area contributed by atoms with Gasteiger partial charge in [0.05, 0.1) is 11.8 Å². The van der Waals surface area contributed by atoms with Crippen molar-refractivity contribution in [3.05, 3.63) is 42.7 Å². The van der Waals surface area contributed by atoms with Crippen molar-refractivity contribution in [3.63, 3.8) is 0 Å². The zero-order chi connectivity index (χ0) is 17.2. The van der Waals surface area contributed by atoms with Gasteiger partial charge in [-0.3, -0.25) is 0 Å². The summed E-state index contributed by atoms with van der Waals surface area (Å²) < 4.78 is 7.32. The third-order valence-corrected chi connectivity index (χ3v) is 4.59. The maximum absolute atomic E-state index is 12.5. The monoisotopic (exact) mass is 328 g/mol. The first-order valence-electron chi connectivity index (χ1n) is 8.18. The van der Waals surface area contributed by atoms with Gasteiger partial charge >= 0.3 is 6.03 Å². The molecule has 0 radical (unpaired) electrons. The fourth-order valence-electron chi connectivity index (χ4n) is 3.27. The number of nitrogens with one attached hydrogen (secondary N) is 1. The van der Waals surface area contributed by atoms with Crippen molar-refractivity contribution in [2.24, 2.45) is 5.41 Å². The lowest BCUT2D eigenvalue weighted by atomic mass is 9.81. The third kappa shape index (κ3) is 3.43. The Morgan fingerprint density at radius 2 is 2.08 bits per heavy atom. The van der Waals surface area contributed by atoms with E-state index in [1.54, 1.807) is 18.0 Å². The van der Waals surface area contributed by atoms with Crippen LogP contribution in [0, 0.1) is 5.41 Å². The van der Waals surface area contributed by atoms with Gasteiger partial charge in [-0.05, 0) is 36.8 Å². The van der Waals surface area contributed by atoms with Crippen LogP contribution in [0.4, 0.5) is 10.5 Å². The minimum absolute atomic E-state index is 0.0473. The summed E-state index contributed by atoms with van der Waals surface area (Å²) in [5.41, 5.74) is 1.69. The Morgan fingerprint density at radius 3 is 2.67 bits per heavy atom. The van der Waals surface area contributed by atoms with Gasteiger partial charge in [0.2, 0.25) is 0 Å². The van der Waals surface area contributed by atoms with Crippen LogP contribution in [-0.2, 0) is 4.74 Å². The Bertz CT molecular complexity index is 680. The van der Waals surface area contributed by atoms with Gasteiger partial charge in [-0.1, -0.05) is 13.8 Å². The van der Waals surface area contributed by atoms with Crippen LogP contribution in [0.2, 0.25) is 0 Å². The van der Waals surface area contributed by atoms with Crippen LogP contribution in [0.1, 0.15) is 20.3 Å². The summed E-state index contributed by atoms with van der Waals surface area (Å²) in [7, 11) is 1.74. The van der Waals surface area contributed by atoms with Crippen LogP contribution in [0.5, 0.6) is 0 Å². The van der Waals surface area contributed by atoms with Gasteiger partial charge in [0.15, 0.2) is 0 Å². The average Bonchev–Trinajstić information content (AvgIpc) is 3.09. The van der Waals surface area contributed by atoms with Crippen LogP contribution in [0.15, 0.2) is 42.7 Å². The predicted octanol–water partition coefficient (Wildman–Crippen LogP) is 3.15. The molecule has 0 bridgehead atoms. The molecule has 2 amide bonds. The predicted molar refractivity (Wildman–Crippen MR) is 93.4 cm³/mol. The summed E-state index contributed by atoms with van der Waals surface area (Å²) >= 11 is 0. The van der Waals surface area contributed by atoms with Gasteiger partial charge in [-0.2, -0.15) is 5.10 Å². The molecule has 2 heterocycles. The van der Waals surface area contributed by atoms with Gasteiger partial charge in [-0.15, -0.1) is 0 Å². The van der Waals surface area contributed by atoms with E-state index in [1.807, 2.05) is 41.4 Å². The van der Waals surface area contributed by atoms with E-state index in [-0.39, 0.29) is 17.6 Å². The molecule has 128 valence electrons. The largest absolute Gasteiger partial charge is 0.381 e. The molecule has 1 saturated heterocycles. The lowest BCUT2D eigenvalue weighted by Crippen LogP contribution is -2.52. The van der Waals surface area contributed by atoms with Gasteiger partial charge in [-0.25, -0.2) is 9.48 Å². The number of likely N-dealkylation sites (tertiary alicyclic amines) is 1. The maximum atomic E-state index is 12.5. The molecule has 1 N–H and O–H groups in total. The zero-order valence-corrected chi connectivity index (χ0v) is 14.4. The number of rotatable bonds is 3. The Balaban J connectivity index is 1.63. The standard InChI is InChI=1S/C18H24N4O2/c1-18(2)13-21(12-9-16(18)24-3)17(23)20-14-5-7-15(8-6-14)22-11-4-10-19-22/h4-8,10-11,16H,9,12-13H2,1-3H3,(H,20,23). The molecule has 6 heteroatoms. The lowest BCUT2D eigenvalue weighted by Gasteiger charge is -2.43. The van der Waals surface area contributed by atoms with Gasteiger partial charge in [0, 0.05) is 43.7 Å². The first kappa shape index (κ1) is 16.5. The highest BCUT2D eigenvalue weighted by atomic mass is 16.5. The molecule has 1 aliphatic heterocycles. The molecule has 1 atom stereocenters. The zero-order valence-electron chi connectivity index (χ0n) is 14.4. The van der Waals surface area contributed by atoms with Crippen molar-refractivity contribution in [1.29, 1.82) is 0 Å². The summed E-state index contributed by atoms with van der Waals surface area (Å²) in [6.45, 7) is 5.67. The molecular weight excluding hydrogens is 304 g/mol. The number of ether oxygens (including phenoxy) is 1. The molecule has 1 fully saturated rings. The van der Waals surface area contributed by atoms with E-state index >= 15 is 0 Å². The highest BCUT2D eigenvalue weighted by Crippen LogP contribution is 2.31. The van der Waals surface area contributed by atoms with E-state index < -0.39 is 0 Å². The molecular formula is C18H24N4O2. The Hall–Kier alpha value is -2.34. The van der Waals surface area contributed by atoms with E-state index in [9.17, 15) is 4.79 Å². The maximum Gasteiger partial charge on any atom is 0.321 e. The number of hydrogen-bond acceptors (Lipinski definition) is 3. The minimum atomic E-state index is -0.0653. The summed E-state index contributed by atoms with van der Waals surface area (Å²) in [5.74, 6) is 0. The lowest BCUT2D eigenvalue weighted by molar-refractivity contribution is -0.0394. The average molecular weight is 328 g/mol. The van der Waals surface area contributed by atoms with Gasteiger partial charge < -0.3 is 15.0 Å². The number of piperidine rings is 1. The first-order valence-corrected chi connectivity index (χ1v) is 8.18. The molecule has 1 aromatic carbocycles. The Labute approximate surface area is 142 Å². The van der Waals surface area contributed by atoms with Crippen molar-refractivity contribution >= 4 is 11.7 Å². The summed E-state index contributed by atoms with van der Waals surface area (Å²) in [6, 6.07) is 9.46. The highest BCUT2D eigenvalue weighted by Gasteiger charge is 2.37. The topological polar surface area (TPSA) is 59.4 Å². The second kappa shape index (κ2) is 6.65. The fourth-order valence-corrected chi connectivity index (χ4v) is 3.27. The Kier molecular flexibility index (Phi) is 4.57. The van der Waals surface area contributed by atoms with Crippen LogP contribution in [0.3, 0.4) is 0 Å². The third-order valence-electron chi connectivity index (χ3n) is 4.59. The fraction of sp³-hybridized carbons (Fsp3) is 0.444. The second-order valence-electron chi connectivity index (χ2n) is 6.85. The van der Waals surface area contributed by atoms with Crippen LogP contribution in [-0.4, -0.2) is 47.0 Å². The van der Waals surface area contributed by atoms with Gasteiger partial charge in [0.1, 0.15) is 0 Å². The van der Waals surface area contributed by atoms with Crippen LogP contribution >= 0.6 is 0 Å². The summed E-state index contributed by atoms with van der Waals surface area (Å²) in [6.07, 6.45) is 4.67. The SMILES string of the molecule is COC1CCN(C(=O)Nc2ccc(-n3cccn3)cc2)CC1(C)C. The molecule has 1 aliphatic rings. The number of carbonyl (C=O) groups is 1. The first-order chi connectivity index (χ1) is 11.5. The van der Waals surface area contributed by atoms with E-state index in [0.717, 1.165) is 17.8 Å². The molecule has 6 nitrogen and oxygen atoms in total. The smallest absolute Gasteiger partial charge is 0.321 e. The number of methoxy groups -OCH3 is 1. The molecule has 0 spiro atoms. The van der Waals surface area contributed by atoms with Crippen molar-refractivity contribution in [2.45, 2.75) is 26.4 Å². The molecule has 2 aromatic rings. The normalized spacial score (nSPS) is 20.0. The summed E-state index contributed by atoms with van der Waals surface area (Å²) in [4.78, 5) is 14.4. The number of benzene rings is 1. The van der Waals surface area contributed by atoms with E-state index in [0.29, 0.717) is 13.1 Å². The number of anilines is 1. The molecule has 0 saturated carbocycles. The highest BCUT2D eigenvalue weighted by molar-refractivity contribution is 5.89. The number of hydrogen-bond donors (Lipinski definition) is 1. The quantitative estimate of drug-likeness (QED) is 0.941. The summed E-state index contributed by atoms with van der Waals surface area (Å²) in [5, 5.41) is 7.16. The van der Waals surface area contributed by atoms with E-state index in [4.69, 9.17) is 4.74 Å². The van der Waals surface area contributed by atoms with Crippen LogP contribution < -0.4 is 5.32 Å². The minimum Gasteiger partial charge on any atom is -0.381 e. The van der Waals surface area contributed by atoms with Crippen LogP contribution in [0.25, 0.3) is 5.69 Å². The number of aromatic nitrogens is 2. The van der Waals surface area contributed by atoms with Crippen molar-refractivity contribution in [2.75, 3.05) is 25.5 Å². The second-order valence-corrected chi connectivity index (χ2v) is 6.85.